The fourth-order valence-electron chi connectivity index (χ4n) is 4.39. The molecule has 0 aliphatic carbocycles. The van der Waals surface area contributed by atoms with Crippen molar-refractivity contribution in [3.05, 3.63) is 59.5 Å². The van der Waals surface area contributed by atoms with E-state index in [1.54, 1.807) is 18.4 Å². The molecule has 0 amide bonds. The van der Waals surface area contributed by atoms with E-state index in [2.05, 4.69) is 51.8 Å². The summed E-state index contributed by atoms with van der Waals surface area (Å²) in [6.45, 7) is 2.36. The topological polar surface area (TPSA) is 56.1 Å². The molecule has 0 radical (unpaired) electrons. The number of aromatic nitrogens is 4. The van der Waals surface area contributed by atoms with Gasteiger partial charge in [-0.3, -0.25) is 4.68 Å². The minimum atomic E-state index is 0.424. The Kier molecular flexibility index (Phi) is 5.23. The van der Waals surface area contributed by atoms with E-state index in [4.69, 9.17) is 14.7 Å². The molecule has 0 spiro atoms. The third kappa shape index (κ3) is 3.48. The van der Waals surface area contributed by atoms with Gasteiger partial charge in [0.2, 0.25) is 0 Å². The van der Waals surface area contributed by atoms with Crippen LogP contribution in [0.15, 0.2) is 48.0 Å². The fourth-order valence-corrected chi connectivity index (χ4v) is 5.35. The molecular formula is C23H25N5OS. The minimum absolute atomic E-state index is 0.424. The molecule has 1 aliphatic heterocycles. The Morgan fingerprint density at radius 1 is 1.10 bits per heavy atom. The second-order valence-electron chi connectivity index (χ2n) is 7.73. The second-order valence-corrected chi connectivity index (χ2v) is 8.59. The van der Waals surface area contributed by atoms with Gasteiger partial charge < -0.3 is 9.64 Å². The lowest BCUT2D eigenvalue weighted by Crippen LogP contribution is -2.34. The Balaban J connectivity index is 1.52. The molecule has 1 saturated heterocycles. The smallest absolute Gasteiger partial charge is 0.158 e. The lowest BCUT2D eigenvalue weighted by atomic mass is 9.93. The summed E-state index contributed by atoms with van der Waals surface area (Å²) in [6, 6.07) is 12.7. The highest BCUT2D eigenvalue weighted by Crippen LogP contribution is 2.40. The molecule has 154 valence electrons. The van der Waals surface area contributed by atoms with Crippen molar-refractivity contribution in [2.45, 2.75) is 25.4 Å². The fraction of sp³-hybridized carbons (Fsp3) is 0.348. The van der Waals surface area contributed by atoms with Crippen molar-refractivity contribution in [1.29, 1.82) is 0 Å². The highest BCUT2D eigenvalue weighted by molar-refractivity contribution is 7.17. The average Bonchev–Trinajstić information content (AvgIpc) is 3.40. The van der Waals surface area contributed by atoms with Crippen LogP contribution in [0.1, 0.15) is 30.3 Å². The molecule has 1 fully saturated rings. The molecule has 30 heavy (non-hydrogen) atoms. The van der Waals surface area contributed by atoms with E-state index in [0.29, 0.717) is 12.5 Å². The molecule has 3 aromatic heterocycles. The van der Waals surface area contributed by atoms with Crippen LogP contribution in [0.2, 0.25) is 0 Å². The van der Waals surface area contributed by atoms with E-state index < -0.39 is 0 Å². The Bertz CT molecular complexity index is 1150. The van der Waals surface area contributed by atoms with Crippen molar-refractivity contribution < 1.29 is 4.74 Å². The third-order valence-electron chi connectivity index (χ3n) is 5.89. The van der Waals surface area contributed by atoms with Crippen molar-refractivity contribution in [2.24, 2.45) is 7.05 Å². The number of fused-ring (bicyclic) bond motifs is 1. The van der Waals surface area contributed by atoms with Crippen molar-refractivity contribution in [3.63, 3.8) is 0 Å². The van der Waals surface area contributed by atoms with E-state index in [9.17, 15) is 0 Å². The normalized spacial score (nSPS) is 15.2. The number of hydrogen-bond acceptors (Lipinski definition) is 6. The SMILES string of the molecule is COCc1nc(N2CCC(c3ccnn3C)CC2)c2c(-c3ccccc3)csc2n1. The standard InChI is InChI=1S/C23H25N5OS/c1-27-19(8-11-24-27)17-9-12-28(13-10-17)22-21-18(16-6-4-3-5-7-16)15-30-23(21)26-20(25-22)14-29-2/h3-8,11,15,17H,9-10,12-14H2,1-2H3. The quantitative estimate of drug-likeness (QED) is 0.472. The molecule has 6 nitrogen and oxygen atoms in total. The van der Waals surface area contributed by atoms with Crippen LogP contribution in [-0.4, -0.2) is 39.9 Å². The number of benzene rings is 1. The lowest BCUT2D eigenvalue weighted by Gasteiger charge is -2.33. The first-order valence-corrected chi connectivity index (χ1v) is 11.2. The molecule has 4 heterocycles. The Hall–Kier alpha value is -2.77. The van der Waals surface area contributed by atoms with Gasteiger partial charge in [-0.2, -0.15) is 5.10 Å². The van der Waals surface area contributed by atoms with Gasteiger partial charge in [0.1, 0.15) is 17.3 Å². The molecule has 0 N–H and O–H groups in total. The average molecular weight is 420 g/mol. The third-order valence-corrected chi connectivity index (χ3v) is 6.76. The number of ether oxygens (including phenoxy) is 1. The van der Waals surface area contributed by atoms with E-state index >= 15 is 0 Å². The number of methoxy groups -OCH3 is 1. The zero-order chi connectivity index (χ0) is 20.5. The van der Waals surface area contributed by atoms with Crippen molar-refractivity contribution in [2.75, 3.05) is 25.1 Å². The van der Waals surface area contributed by atoms with Crippen LogP contribution in [-0.2, 0) is 18.4 Å². The van der Waals surface area contributed by atoms with Crippen LogP contribution in [0.3, 0.4) is 0 Å². The van der Waals surface area contributed by atoms with Crippen LogP contribution in [0.25, 0.3) is 21.3 Å². The second kappa shape index (κ2) is 8.16. The number of anilines is 1. The molecule has 1 aromatic carbocycles. The van der Waals surface area contributed by atoms with Gasteiger partial charge in [-0.05, 0) is 24.5 Å². The van der Waals surface area contributed by atoms with Gasteiger partial charge in [-0.25, -0.2) is 9.97 Å². The molecule has 0 unspecified atom stereocenters. The highest BCUT2D eigenvalue weighted by atomic mass is 32.1. The van der Waals surface area contributed by atoms with Gasteiger partial charge in [-0.1, -0.05) is 30.3 Å². The monoisotopic (exact) mass is 419 g/mol. The van der Waals surface area contributed by atoms with Crippen molar-refractivity contribution in [3.8, 4) is 11.1 Å². The van der Waals surface area contributed by atoms with Crippen LogP contribution in [0, 0.1) is 0 Å². The molecule has 0 bridgehead atoms. The summed E-state index contributed by atoms with van der Waals surface area (Å²) in [5.41, 5.74) is 3.74. The van der Waals surface area contributed by atoms with Crippen molar-refractivity contribution in [1.82, 2.24) is 19.7 Å². The minimum Gasteiger partial charge on any atom is -0.377 e. The number of thiophene rings is 1. The van der Waals surface area contributed by atoms with Crippen LogP contribution < -0.4 is 4.90 Å². The number of nitrogens with zero attached hydrogens (tertiary/aromatic N) is 5. The maximum Gasteiger partial charge on any atom is 0.158 e. The summed E-state index contributed by atoms with van der Waals surface area (Å²) in [5, 5.41) is 7.71. The van der Waals surface area contributed by atoms with Gasteiger partial charge in [0, 0.05) is 56.0 Å². The lowest BCUT2D eigenvalue weighted by molar-refractivity contribution is 0.178. The van der Waals surface area contributed by atoms with E-state index in [1.807, 2.05) is 17.9 Å². The highest BCUT2D eigenvalue weighted by Gasteiger charge is 2.26. The van der Waals surface area contributed by atoms with Crippen LogP contribution in [0.4, 0.5) is 5.82 Å². The largest absolute Gasteiger partial charge is 0.377 e. The van der Waals surface area contributed by atoms with Crippen molar-refractivity contribution >= 4 is 27.4 Å². The molecular weight excluding hydrogens is 394 g/mol. The summed E-state index contributed by atoms with van der Waals surface area (Å²) < 4.78 is 7.35. The first kappa shape index (κ1) is 19.2. The summed E-state index contributed by atoms with van der Waals surface area (Å²) >= 11 is 1.68. The number of aryl methyl sites for hydroxylation is 1. The first-order chi connectivity index (χ1) is 14.7. The first-order valence-electron chi connectivity index (χ1n) is 10.3. The van der Waals surface area contributed by atoms with E-state index in [1.165, 1.54) is 16.8 Å². The van der Waals surface area contributed by atoms with Crippen LogP contribution >= 0.6 is 11.3 Å². The molecule has 4 aromatic rings. The van der Waals surface area contributed by atoms with E-state index in [0.717, 1.165) is 47.8 Å². The van der Waals surface area contributed by atoms with Gasteiger partial charge in [-0.15, -0.1) is 11.3 Å². The molecule has 0 atom stereocenters. The predicted octanol–water partition coefficient (Wildman–Crippen LogP) is 4.62. The zero-order valence-electron chi connectivity index (χ0n) is 17.3. The number of hydrogen-bond donors (Lipinski definition) is 0. The van der Waals surface area contributed by atoms with Gasteiger partial charge in [0.15, 0.2) is 5.82 Å². The van der Waals surface area contributed by atoms with Crippen LogP contribution in [0.5, 0.6) is 0 Å². The Morgan fingerprint density at radius 2 is 1.90 bits per heavy atom. The maximum atomic E-state index is 5.34. The number of rotatable bonds is 5. The summed E-state index contributed by atoms with van der Waals surface area (Å²) in [5.74, 6) is 2.33. The zero-order valence-corrected chi connectivity index (χ0v) is 18.1. The Morgan fingerprint density at radius 3 is 2.60 bits per heavy atom. The van der Waals surface area contributed by atoms with E-state index in [-0.39, 0.29) is 0 Å². The summed E-state index contributed by atoms with van der Waals surface area (Å²) in [6.07, 6.45) is 4.08. The van der Waals surface area contributed by atoms with Gasteiger partial charge in [0.25, 0.3) is 0 Å². The molecule has 1 aliphatic rings. The molecule has 5 rings (SSSR count). The van der Waals surface area contributed by atoms with Gasteiger partial charge >= 0.3 is 0 Å². The summed E-state index contributed by atoms with van der Waals surface area (Å²) in [4.78, 5) is 13.2. The Labute approximate surface area is 180 Å². The summed E-state index contributed by atoms with van der Waals surface area (Å²) in [7, 11) is 3.72. The molecule has 0 saturated carbocycles. The molecule has 7 heteroatoms. The predicted molar refractivity (Wildman–Crippen MR) is 121 cm³/mol. The maximum absolute atomic E-state index is 5.34. The number of piperidine rings is 1. The van der Waals surface area contributed by atoms with Gasteiger partial charge in [0.05, 0.1) is 5.39 Å².